The van der Waals surface area contributed by atoms with Crippen molar-refractivity contribution in [3.63, 3.8) is 0 Å². The fourth-order valence-corrected chi connectivity index (χ4v) is 2.44. The van der Waals surface area contributed by atoms with Gasteiger partial charge in [0.15, 0.2) is 5.69 Å². The fraction of sp³-hybridized carbons (Fsp3) is 0.333. The largest absolute Gasteiger partial charge is 0.416 e. The van der Waals surface area contributed by atoms with E-state index < -0.39 is 11.7 Å². The van der Waals surface area contributed by atoms with E-state index in [4.69, 9.17) is 0 Å². The lowest BCUT2D eigenvalue weighted by molar-refractivity contribution is -0.137. The summed E-state index contributed by atoms with van der Waals surface area (Å²) in [5.41, 5.74) is -0.260. The Balaban J connectivity index is 1.83. The van der Waals surface area contributed by atoms with Gasteiger partial charge in [0, 0.05) is 32.4 Å². The fourth-order valence-electron chi connectivity index (χ4n) is 2.44. The van der Waals surface area contributed by atoms with E-state index in [1.807, 2.05) is 0 Å². The van der Waals surface area contributed by atoms with Gasteiger partial charge in [0.05, 0.1) is 11.3 Å². The second-order valence-electron chi connectivity index (χ2n) is 5.24. The molecule has 1 aromatic carbocycles. The van der Waals surface area contributed by atoms with Crippen molar-refractivity contribution in [2.24, 2.45) is 0 Å². The molecule has 1 aliphatic rings. The monoisotopic (exact) mass is 324 g/mol. The molecule has 0 unspecified atom stereocenters. The van der Waals surface area contributed by atoms with Crippen LogP contribution in [-0.4, -0.2) is 46.8 Å². The molecule has 3 rings (SSSR count). The lowest BCUT2D eigenvalue weighted by atomic mass is 10.2. The highest BCUT2D eigenvalue weighted by Crippen LogP contribution is 2.30. The summed E-state index contributed by atoms with van der Waals surface area (Å²) in [6, 6.07) is 6.36. The Kier molecular flexibility index (Phi) is 4.08. The normalized spacial score (nSPS) is 15.7. The lowest BCUT2D eigenvalue weighted by Crippen LogP contribution is -2.46. The molecule has 122 valence electrons. The Bertz CT molecular complexity index is 705. The van der Waals surface area contributed by atoms with Crippen LogP contribution in [0.2, 0.25) is 0 Å². The van der Waals surface area contributed by atoms with Crippen molar-refractivity contribution < 1.29 is 18.0 Å². The number of aromatic nitrogens is 2. The summed E-state index contributed by atoms with van der Waals surface area (Å²) in [4.78, 5) is 14.0. The average molecular weight is 324 g/mol. The SMILES string of the molecule is O=C(c1ccn(-c2cccc(C(F)(F)F)c2)n1)N1CCNCC1. The van der Waals surface area contributed by atoms with Crippen molar-refractivity contribution in [1.29, 1.82) is 0 Å². The number of benzene rings is 1. The van der Waals surface area contributed by atoms with Crippen LogP contribution >= 0.6 is 0 Å². The van der Waals surface area contributed by atoms with E-state index in [1.165, 1.54) is 29.1 Å². The quantitative estimate of drug-likeness (QED) is 0.918. The molecule has 1 aromatic heterocycles. The molecule has 5 nitrogen and oxygen atoms in total. The highest BCUT2D eigenvalue weighted by atomic mass is 19.4. The second kappa shape index (κ2) is 6.04. The van der Waals surface area contributed by atoms with Gasteiger partial charge in [-0.25, -0.2) is 4.68 Å². The lowest BCUT2D eigenvalue weighted by Gasteiger charge is -2.26. The van der Waals surface area contributed by atoms with Crippen LogP contribution in [0.1, 0.15) is 16.1 Å². The number of alkyl halides is 3. The highest BCUT2D eigenvalue weighted by Gasteiger charge is 2.30. The molecule has 23 heavy (non-hydrogen) atoms. The van der Waals surface area contributed by atoms with Gasteiger partial charge in [-0.3, -0.25) is 4.79 Å². The zero-order valence-electron chi connectivity index (χ0n) is 12.2. The number of nitrogens with one attached hydrogen (secondary N) is 1. The van der Waals surface area contributed by atoms with Gasteiger partial charge in [0.25, 0.3) is 5.91 Å². The van der Waals surface area contributed by atoms with E-state index in [2.05, 4.69) is 10.4 Å². The molecule has 1 aliphatic heterocycles. The van der Waals surface area contributed by atoms with Gasteiger partial charge in [-0.2, -0.15) is 18.3 Å². The number of hydrogen-bond acceptors (Lipinski definition) is 3. The first-order valence-electron chi connectivity index (χ1n) is 7.18. The summed E-state index contributed by atoms with van der Waals surface area (Å²) in [7, 11) is 0. The van der Waals surface area contributed by atoms with Gasteiger partial charge >= 0.3 is 6.18 Å². The maximum absolute atomic E-state index is 12.8. The van der Waals surface area contributed by atoms with E-state index in [1.54, 1.807) is 4.90 Å². The number of rotatable bonds is 2. The van der Waals surface area contributed by atoms with Gasteiger partial charge in [-0.15, -0.1) is 0 Å². The molecular weight excluding hydrogens is 309 g/mol. The van der Waals surface area contributed by atoms with Crippen LogP contribution in [0.4, 0.5) is 13.2 Å². The second-order valence-corrected chi connectivity index (χ2v) is 5.24. The van der Waals surface area contributed by atoms with Gasteiger partial charge in [0.1, 0.15) is 0 Å². The Morgan fingerprint density at radius 3 is 2.61 bits per heavy atom. The van der Waals surface area contributed by atoms with Crippen molar-refractivity contribution in [1.82, 2.24) is 20.0 Å². The molecule has 0 radical (unpaired) electrons. The molecule has 0 spiro atoms. The van der Waals surface area contributed by atoms with E-state index in [0.717, 1.165) is 25.2 Å². The predicted octanol–water partition coefficient (Wildman–Crippen LogP) is 1.94. The molecular formula is C15H15F3N4O. The number of carbonyl (C=O) groups is 1. The van der Waals surface area contributed by atoms with Crippen LogP contribution in [0.25, 0.3) is 5.69 Å². The van der Waals surface area contributed by atoms with Gasteiger partial charge in [0.2, 0.25) is 0 Å². The van der Waals surface area contributed by atoms with Crippen molar-refractivity contribution in [2.75, 3.05) is 26.2 Å². The van der Waals surface area contributed by atoms with Gasteiger partial charge in [-0.05, 0) is 24.3 Å². The summed E-state index contributed by atoms with van der Waals surface area (Å²) in [5, 5.41) is 7.26. The van der Waals surface area contributed by atoms with E-state index in [0.29, 0.717) is 13.1 Å². The molecule has 0 saturated carbocycles. The maximum Gasteiger partial charge on any atom is 0.416 e. The van der Waals surface area contributed by atoms with Crippen LogP contribution in [0.3, 0.4) is 0 Å². The van der Waals surface area contributed by atoms with Gasteiger partial charge in [-0.1, -0.05) is 6.07 Å². The van der Waals surface area contributed by atoms with Crippen LogP contribution in [0, 0.1) is 0 Å². The Labute approximate surface area is 130 Å². The van der Waals surface area contributed by atoms with Crippen molar-refractivity contribution in [2.45, 2.75) is 6.18 Å². The maximum atomic E-state index is 12.8. The van der Waals surface area contributed by atoms with E-state index >= 15 is 0 Å². The standard InChI is InChI=1S/C15H15F3N4O/c16-15(17,18)11-2-1-3-12(10-11)22-7-4-13(20-22)14(23)21-8-5-19-6-9-21/h1-4,7,10,19H,5-6,8-9H2. The molecule has 2 aromatic rings. The molecule has 1 saturated heterocycles. The summed E-state index contributed by atoms with van der Waals surface area (Å²) in [5.74, 6) is -0.211. The summed E-state index contributed by atoms with van der Waals surface area (Å²) < 4.78 is 39.6. The third-order valence-electron chi connectivity index (χ3n) is 3.65. The number of halogens is 3. The third-order valence-corrected chi connectivity index (χ3v) is 3.65. The third kappa shape index (κ3) is 3.37. The Hall–Kier alpha value is -2.35. The molecule has 0 atom stereocenters. The molecule has 8 heteroatoms. The van der Waals surface area contributed by atoms with E-state index in [-0.39, 0.29) is 17.3 Å². The van der Waals surface area contributed by atoms with Crippen molar-refractivity contribution in [3.8, 4) is 5.69 Å². The first-order valence-corrected chi connectivity index (χ1v) is 7.18. The molecule has 0 bridgehead atoms. The minimum Gasteiger partial charge on any atom is -0.335 e. The first-order chi connectivity index (χ1) is 10.9. The molecule has 1 fully saturated rings. The summed E-state index contributed by atoms with van der Waals surface area (Å²) in [6.45, 7) is 2.63. The predicted molar refractivity (Wildman–Crippen MR) is 77.3 cm³/mol. The molecule has 0 aliphatic carbocycles. The van der Waals surface area contributed by atoms with Crippen LogP contribution in [0.5, 0.6) is 0 Å². The number of carbonyl (C=O) groups excluding carboxylic acids is 1. The zero-order chi connectivity index (χ0) is 16.4. The van der Waals surface area contributed by atoms with E-state index in [9.17, 15) is 18.0 Å². The van der Waals surface area contributed by atoms with Crippen LogP contribution in [0.15, 0.2) is 36.5 Å². The molecule has 2 heterocycles. The van der Waals surface area contributed by atoms with Crippen LogP contribution in [-0.2, 0) is 6.18 Å². The first kappa shape index (κ1) is 15.5. The average Bonchev–Trinajstić information content (AvgIpc) is 3.04. The minimum atomic E-state index is -4.41. The Morgan fingerprint density at radius 2 is 1.91 bits per heavy atom. The number of piperazine rings is 1. The number of nitrogens with zero attached hydrogens (tertiary/aromatic N) is 3. The van der Waals surface area contributed by atoms with Gasteiger partial charge < -0.3 is 10.2 Å². The summed E-state index contributed by atoms with van der Waals surface area (Å²) >= 11 is 0. The number of hydrogen-bond donors (Lipinski definition) is 1. The minimum absolute atomic E-state index is 0.211. The number of amides is 1. The van der Waals surface area contributed by atoms with Crippen molar-refractivity contribution >= 4 is 5.91 Å². The Morgan fingerprint density at radius 1 is 1.17 bits per heavy atom. The molecule has 1 N–H and O–H groups in total. The topological polar surface area (TPSA) is 50.2 Å². The summed E-state index contributed by atoms with van der Waals surface area (Å²) in [6.07, 6.45) is -2.92. The smallest absolute Gasteiger partial charge is 0.335 e. The highest BCUT2D eigenvalue weighted by molar-refractivity contribution is 5.92. The zero-order valence-corrected chi connectivity index (χ0v) is 12.2. The molecule has 1 amide bonds. The van der Waals surface area contributed by atoms with Crippen molar-refractivity contribution in [3.05, 3.63) is 47.8 Å². The van der Waals surface area contributed by atoms with Crippen LogP contribution < -0.4 is 5.32 Å².